The third kappa shape index (κ3) is 3.51. The zero-order valence-corrected chi connectivity index (χ0v) is 20.7. The highest BCUT2D eigenvalue weighted by molar-refractivity contribution is 6.32. The van der Waals surface area contributed by atoms with Crippen molar-refractivity contribution in [1.29, 1.82) is 0 Å². The molecule has 2 aromatic heterocycles. The first-order valence-electron chi connectivity index (χ1n) is 12.6. The molecule has 6 heteroatoms. The summed E-state index contributed by atoms with van der Waals surface area (Å²) < 4.78 is 9.69. The third-order valence-corrected chi connectivity index (χ3v) is 8.14. The highest BCUT2D eigenvalue weighted by atomic mass is 35.5. The van der Waals surface area contributed by atoms with E-state index in [-0.39, 0.29) is 17.6 Å². The predicted molar refractivity (Wildman–Crippen MR) is 140 cm³/mol. The van der Waals surface area contributed by atoms with Gasteiger partial charge in [0.2, 0.25) is 0 Å². The summed E-state index contributed by atoms with van der Waals surface area (Å²) in [6.07, 6.45) is 9.05. The first-order chi connectivity index (χ1) is 17.1. The molecule has 2 aromatic carbocycles. The second-order valence-electron chi connectivity index (χ2n) is 9.82. The Balaban J connectivity index is 1.70. The van der Waals surface area contributed by atoms with Gasteiger partial charge < -0.3 is 13.9 Å². The molecule has 0 spiro atoms. The number of ketones is 1. The van der Waals surface area contributed by atoms with Crippen LogP contribution in [0, 0.1) is 0 Å². The monoisotopic (exact) mass is 488 g/mol. The fraction of sp³-hybridized carbons (Fsp3) is 0.379. The van der Waals surface area contributed by atoms with Crippen LogP contribution in [0.2, 0.25) is 0 Å². The molecule has 4 aromatic rings. The van der Waals surface area contributed by atoms with Crippen molar-refractivity contribution in [2.75, 3.05) is 13.0 Å². The van der Waals surface area contributed by atoms with Gasteiger partial charge in [0.25, 0.3) is 0 Å². The van der Waals surface area contributed by atoms with Crippen LogP contribution >= 0.6 is 11.6 Å². The average molecular weight is 489 g/mol. The van der Waals surface area contributed by atoms with Crippen molar-refractivity contribution in [3.63, 3.8) is 0 Å². The summed E-state index contributed by atoms with van der Waals surface area (Å²) in [5, 5.41) is 2.20. The number of carbonyl (C=O) groups excluding carboxylic acids is 2. The van der Waals surface area contributed by atoms with E-state index in [1.54, 1.807) is 0 Å². The molecule has 0 saturated heterocycles. The van der Waals surface area contributed by atoms with Crippen LogP contribution in [0.5, 0.6) is 0 Å². The Bertz CT molecular complexity index is 1470. The summed E-state index contributed by atoms with van der Waals surface area (Å²) in [5.74, 6) is 0.108. The van der Waals surface area contributed by atoms with Gasteiger partial charge in [0.15, 0.2) is 5.78 Å². The Morgan fingerprint density at radius 3 is 2.63 bits per heavy atom. The number of hydrogen-bond donors (Lipinski definition) is 0. The summed E-state index contributed by atoms with van der Waals surface area (Å²) in [6, 6.07) is 12.3. The molecule has 0 radical (unpaired) electrons. The van der Waals surface area contributed by atoms with Gasteiger partial charge >= 0.3 is 5.97 Å². The fourth-order valence-corrected chi connectivity index (χ4v) is 6.51. The molecule has 1 aliphatic carbocycles. The van der Waals surface area contributed by atoms with E-state index in [9.17, 15) is 9.59 Å². The van der Waals surface area contributed by atoms with Crippen molar-refractivity contribution >= 4 is 45.2 Å². The average Bonchev–Trinajstić information content (AvgIpc) is 3.42. The topological polar surface area (TPSA) is 53.2 Å². The first-order valence-corrected chi connectivity index (χ1v) is 13.1. The number of Topliss-reactive ketones (excluding diaryl/α,β-unsaturated/α-hetero) is 1. The largest absolute Gasteiger partial charge is 0.465 e. The second kappa shape index (κ2) is 8.87. The van der Waals surface area contributed by atoms with E-state index < -0.39 is 0 Å². The molecule has 1 saturated carbocycles. The summed E-state index contributed by atoms with van der Waals surface area (Å²) in [7, 11) is 1.43. The van der Waals surface area contributed by atoms with Crippen molar-refractivity contribution < 1.29 is 14.3 Å². The molecular weight excluding hydrogens is 460 g/mol. The Labute approximate surface area is 209 Å². The number of alkyl halides is 1. The summed E-state index contributed by atoms with van der Waals surface area (Å²) in [5.41, 5.74) is 7.27. The lowest BCUT2D eigenvalue weighted by Crippen LogP contribution is -2.11. The van der Waals surface area contributed by atoms with E-state index in [1.807, 2.05) is 24.4 Å². The molecule has 1 aliphatic heterocycles. The molecule has 2 aliphatic rings. The molecule has 6 rings (SSSR count). The minimum atomic E-state index is -0.312. The number of methoxy groups -OCH3 is 1. The molecule has 1 fully saturated rings. The van der Waals surface area contributed by atoms with Crippen molar-refractivity contribution in [2.45, 2.75) is 57.5 Å². The van der Waals surface area contributed by atoms with Crippen molar-refractivity contribution in [3.8, 4) is 11.3 Å². The van der Waals surface area contributed by atoms with Gasteiger partial charge in [-0.1, -0.05) is 43.5 Å². The normalized spacial score (nSPS) is 16.2. The lowest BCUT2D eigenvalue weighted by molar-refractivity contribution is 0.0600. The van der Waals surface area contributed by atoms with Crippen LogP contribution in [0.3, 0.4) is 0 Å². The van der Waals surface area contributed by atoms with E-state index in [0.29, 0.717) is 17.0 Å². The Hall–Kier alpha value is -3.05. The maximum Gasteiger partial charge on any atom is 0.337 e. The minimum absolute atomic E-state index is 0.0206. The fourth-order valence-electron chi connectivity index (χ4n) is 6.37. The SMILES string of the molecule is COC(=O)c1ccc2c(C3CCCCC3)c3n(c2c1)CCCn1cc(C(=O)CCl)c2cccc-3c21. The van der Waals surface area contributed by atoms with Crippen molar-refractivity contribution in [3.05, 3.63) is 59.3 Å². The summed E-state index contributed by atoms with van der Waals surface area (Å²) in [6.45, 7) is 1.66. The first kappa shape index (κ1) is 22.4. The Morgan fingerprint density at radius 1 is 1.03 bits per heavy atom. The van der Waals surface area contributed by atoms with Crippen LogP contribution in [-0.4, -0.2) is 33.9 Å². The third-order valence-electron chi connectivity index (χ3n) is 7.89. The maximum absolute atomic E-state index is 12.7. The van der Waals surface area contributed by atoms with Crippen LogP contribution in [-0.2, 0) is 17.8 Å². The molecule has 0 atom stereocenters. The van der Waals surface area contributed by atoms with Crippen molar-refractivity contribution in [1.82, 2.24) is 9.13 Å². The van der Waals surface area contributed by atoms with Crippen LogP contribution in [0.1, 0.15) is 70.7 Å². The maximum atomic E-state index is 12.7. The lowest BCUT2D eigenvalue weighted by atomic mass is 9.81. The highest BCUT2D eigenvalue weighted by Crippen LogP contribution is 2.47. The van der Waals surface area contributed by atoms with E-state index in [2.05, 4.69) is 27.3 Å². The molecule has 180 valence electrons. The number of aryl methyl sites for hydroxylation is 2. The highest BCUT2D eigenvalue weighted by Gasteiger charge is 2.30. The number of para-hydroxylation sites is 1. The Kier molecular flexibility index (Phi) is 5.68. The van der Waals surface area contributed by atoms with Gasteiger partial charge in [-0.2, -0.15) is 0 Å². The second-order valence-corrected chi connectivity index (χ2v) is 10.1. The van der Waals surface area contributed by atoms with Gasteiger partial charge in [0.1, 0.15) is 0 Å². The van der Waals surface area contributed by atoms with Crippen LogP contribution in [0.15, 0.2) is 42.6 Å². The number of esters is 1. The van der Waals surface area contributed by atoms with E-state index in [4.69, 9.17) is 16.3 Å². The summed E-state index contributed by atoms with van der Waals surface area (Å²) in [4.78, 5) is 25.1. The van der Waals surface area contributed by atoms with Gasteiger partial charge in [-0.15, -0.1) is 11.6 Å². The minimum Gasteiger partial charge on any atom is -0.465 e. The van der Waals surface area contributed by atoms with E-state index in [1.165, 1.54) is 55.9 Å². The molecule has 0 N–H and O–H groups in total. The number of nitrogens with zero attached hydrogens (tertiary/aromatic N) is 2. The predicted octanol–water partition coefficient (Wildman–Crippen LogP) is 6.92. The van der Waals surface area contributed by atoms with Gasteiger partial charge in [0, 0.05) is 46.7 Å². The number of halogens is 1. The zero-order valence-electron chi connectivity index (χ0n) is 20.0. The molecule has 3 heterocycles. The van der Waals surface area contributed by atoms with Gasteiger partial charge in [-0.3, -0.25) is 4.79 Å². The van der Waals surface area contributed by atoms with Crippen LogP contribution < -0.4 is 0 Å². The summed E-state index contributed by atoms with van der Waals surface area (Å²) >= 11 is 5.97. The quantitative estimate of drug-likeness (QED) is 0.178. The van der Waals surface area contributed by atoms with Crippen molar-refractivity contribution in [2.24, 2.45) is 0 Å². The lowest BCUT2D eigenvalue weighted by Gasteiger charge is -2.25. The van der Waals surface area contributed by atoms with Crippen LogP contribution in [0.25, 0.3) is 33.1 Å². The van der Waals surface area contributed by atoms with E-state index in [0.717, 1.165) is 41.5 Å². The molecule has 0 amide bonds. The number of aromatic nitrogens is 2. The van der Waals surface area contributed by atoms with Gasteiger partial charge in [-0.25, -0.2) is 4.79 Å². The van der Waals surface area contributed by atoms with Crippen LogP contribution in [0.4, 0.5) is 0 Å². The molecule has 0 bridgehead atoms. The number of hydrogen-bond acceptors (Lipinski definition) is 3. The number of ether oxygens (including phenoxy) is 1. The number of fused-ring (bicyclic) bond motifs is 4. The smallest absolute Gasteiger partial charge is 0.337 e. The van der Waals surface area contributed by atoms with Gasteiger partial charge in [-0.05, 0) is 42.9 Å². The molecule has 5 nitrogen and oxygen atoms in total. The molecule has 0 unspecified atom stereocenters. The van der Waals surface area contributed by atoms with Gasteiger partial charge in [0.05, 0.1) is 29.8 Å². The zero-order chi connectivity index (χ0) is 24.1. The number of benzene rings is 2. The molecular formula is C29H29ClN2O3. The molecule has 35 heavy (non-hydrogen) atoms. The Morgan fingerprint density at radius 2 is 1.86 bits per heavy atom. The number of rotatable bonds is 4. The standard InChI is InChI=1S/C29H29ClN2O3/c1-35-29(34)19-11-12-21-24(15-19)32-14-6-13-31-17-23(25(33)16-30)20-9-5-10-22(27(20)31)28(32)26(21)18-7-3-2-4-8-18/h5,9-12,15,17-18H,2-4,6-8,13-14,16H2,1H3. The number of carbonyl (C=O) groups is 2. The van der Waals surface area contributed by atoms with E-state index >= 15 is 0 Å².